The van der Waals surface area contributed by atoms with Crippen molar-refractivity contribution in [2.45, 2.75) is 13.0 Å². The van der Waals surface area contributed by atoms with E-state index >= 15 is 0 Å². The first kappa shape index (κ1) is 12.3. The number of thiocarbonyl (C=S) groups is 1. The second-order valence-electron chi connectivity index (χ2n) is 4.57. The molecule has 1 fully saturated rings. The predicted molar refractivity (Wildman–Crippen MR) is 76.5 cm³/mol. The minimum Gasteiger partial charge on any atom is -0.391 e. The summed E-state index contributed by atoms with van der Waals surface area (Å²) in [6, 6.07) is 2.02. The van der Waals surface area contributed by atoms with Crippen LogP contribution in [0.3, 0.4) is 0 Å². The van der Waals surface area contributed by atoms with E-state index in [1.54, 1.807) is 6.20 Å². The molecule has 0 saturated carbocycles. The lowest BCUT2D eigenvalue weighted by Gasteiger charge is -2.33. The van der Waals surface area contributed by atoms with E-state index in [2.05, 4.69) is 15.0 Å². The van der Waals surface area contributed by atoms with Gasteiger partial charge in [-0.05, 0) is 13.0 Å². The second kappa shape index (κ2) is 4.75. The number of morpholine rings is 1. The Kier molecular flexibility index (Phi) is 3.08. The molecule has 2 N–H and O–H groups in total. The topological polar surface area (TPSA) is 68.7 Å². The Morgan fingerprint density at radius 2 is 2.42 bits per heavy atom. The third kappa shape index (κ3) is 2.26. The average Bonchev–Trinajstić information content (AvgIpc) is 2.78. The molecule has 0 radical (unpaired) electrons. The number of aryl methyl sites for hydroxylation is 1. The molecule has 1 saturated heterocycles. The molecule has 0 aliphatic carbocycles. The highest BCUT2D eigenvalue weighted by atomic mass is 32.1. The summed E-state index contributed by atoms with van der Waals surface area (Å²) in [6.07, 6.45) is 3.38. The summed E-state index contributed by atoms with van der Waals surface area (Å²) in [5.74, 6) is 0.896. The van der Waals surface area contributed by atoms with E-state index in [1.165, 1.54) is 0 Å². The zero-order valence-electron chi connectivity index (χ0n) is 10.6. The lowest BCUT2D eigenvalue weighted by molar-refractivity contribution is 0.0845. The van der Waals surface area contributed by atoms with Crippen LogP contribution in [0.5, 0.6) is 0 Å². The van der Waals surface area contributed by atoms with Crippen molar-refractivity contribution in [1.82, 2.24) is 14.6 Å². The quantitative estimate of drug-likeness (QED) is 0.808. The third-order valence-electron chi connectivity index (χ3n) is 3.18. The van der Waals surface area contributed by atoms with Crippen molar-refractivity contribution in [3.8, 4) is 0 Å². The Morgan fingerprint density at radius 1 is 1.58 bits per heavy atom. The van der Waals surface area contributed by atoms with Gasteiger partial charge in [-0.25, -0.2) is 9.50 Å². The van der Waals surface area contributed by atoms with Gasteiger partial charge in [-0.15, -0.1) is 0 Å². The van der Waals surface area contributed by atoms with Gasteiger partial charge in [-0.3, -0.25) is 0 Å². The first-order chi connectivity index (χ1) is 9.15. The molecule has 1 unspecified atom stereocenters. The number of hydrogen-bond acceptors (Lipinski definition) is 5. The standard InChI is InChI=1S/C12H15N5OS/c1-8-6-9-12(14-2-3-17(9)15-8)16-4-5-18-10(7-16)11(13)19/h2-3,6,10H,4-5,7H2,1H3,(H2,13,19). The van der Waals surface area contributed by atoms with Gasteiger partial charge in [0.15, 0.2) is 5.82 Å². The van der Waals surface area contributed by atoms with Crippen LogP contribution < -0.4 is 10.6 Å². The van der Waals surface area contributed by atoms with Crippen molar-refractivity contribution in [2.75, 3.05) is 24.6 Å². The molecule has 1 atom stereocenters. The Balaban J connectivity index is 1.97. The second-order valence-corrected chi connectivity index (χ2v) is 5.05. The monoisotopic (exact) mass is 277 g/mol. The van der Waals surface area contributed by atoms with Gasteiger partial charge in [-0.2, -0.15) is 5.10 Å². The van der Waals surface area contributed by atoms with E-state index in [0.29, 0.717) is 18.1 Å². The van der Waals surface area contributed by atoms with Gasteiger partial charge in [0.2, 0.25) is 0 Å². The van der Waals surface area contributed by atoms with Crippen molar-refractivity contribution in [3.63, 3.8) is 0 Å². The van der Waals surface area contributed by atoms with Crippen LogP contribution in [0.15, 0.2) is 18.5 Å². The molecule has 1 aliphatic heterocycles. The molecule has 7 heteroatoms. The third-order valence-corrected chi connectivity index (χ3v) is 3.44. The Morgan fingerprint density at radius 3 is 3.21 bits per heavy atom. The summed E-state index contributed by atoms with van der Waals surface area (Å²) in [4.78, 5) is 7.00. The van der Waals surface area contributed by atoms with E-state index in [-0.39, 0.29) is 6.10 Å². The van der Waals surface area contributed by atoms with Crippen LogP contribution >= 0.6 is 12.2 Å². The largest absolute Gasteiger partial charge is 0.391 e. The normalized spacial score (nSPS) is 19.8. The van der Waals surface area contributed by atoms with E-state index in [1.807, 2.05) is 23.7 Å². The molecular weight excluding hydrogens is 262 g/mol. The minimum absolute atomic E-state index is 0.213. The first-order valence-corrected chi connectivity index (χ1v) is 6.53. The highest BCUT2D eigenvalue weighted by Gasteiger charge is 2.24. The highest BCUT2D eigenvalue weighted by Crippen LogP contribution is 2.21. The number of ether oxygens (including phenoxy) is 1. The Hall–Kier alpha value is -1.73. The first-order valence-electron chi connectivity index (χ1n) is 6.12. The minimum atomic E-state index is -0.213. The molecule has 0 bridgehead atoms. The Labute approximate surface area is 116 Å². The molecule has 2 aromatic rings. The van der Waals surface area contributed by atoms with Crippen LogP contribution in [0.25, 0.3) is 5.52 Å². The van der Waals surface area contributed by atoms with Crippen LogP contribution in [0.1, 0.15) is 5.69 Å². The molecule has 6 nitrogen and oxygen atoms in total. The summed E-state index contributed by atoms with van der Waals surface area (Å²) in [5, 5.41) is 4.39. The molecule has 100 valence electrons. The van der Waals surface area contributed by atoms with Crippen molar-refractivity contribution in [1.29, 1.82) is 0 Å². The lowest BCUT2D eigenvalue weighted by atomic mass is 10.2. The SMILES string of the molecule is Cc1cc2c(N3CCOC(C(N)=S)C3)nccn2n1. The Bertz CT molecular complexity index is 626. The fourth-order valence-electron chi connectivity index (χ4n) is 2.29. The van der Waals surface area contributed by atoms with Gasteiger partial charge in [0, 0.05) is 18.9 Å². The van der Waals surface area contributed by atoms with Crippen molar-refractivity contribution >= 4 is 28.5 Å². The number of nitrogens with zero attached hydrogens (tertiary/aromatic N) is 4. The van der Waals surface area contributed by atoms with E-state index in [9.17, 15) is 0 Å². The summed E-state index contributed by atoms with van der Waals surface area (Å²) in [6.45, 7) is 3.97. The summed E-state index contributed by atoms with van der Waals surface area (Å²) >= 11 is 5.01. The van der Waals surface area contributed by atoms with Crippen LogP contribution in [0, 0.1) is 6.92 Å². The van der Waals surface area contributed by atoms with Crippen molar-refractivity contribution < 1.29 is 4.74 Å². The zero-order valence-corrected chi connectivity index (χ0v) is 11.4. The molecule has 3 rings (SSSR count). The van der Waals surface area contributed by atoms with Crippen LogP contribution in [-0.4, -0.2) is 45.4 Å². The fourth-order valence-corrected chi connectivity index (χ4v) is 2.43. The summed E-state index contributed by atoms with van der Waals surface area (Å²) in [7, 11) is 0. The summed E-state index contributed by atoms with van der Waals surface area (Å²) < 4.78 is 7.39. The maximum absolute atomic E-state index is 5.67. The van der Waals surface area contributed by atoms with Crippen LogP contribution in [-0.2, 0) is 4.74 Å². The van der Waals surface area contributed by atoms with E-state index in [0.717, 1.165) is 23.6 Å². The van der Waals surface area contributed by atoms with Crippen molar-refractivity contribution in [2.24, 2.45) is 5.73 Å². The number of hydrogen-bond donors (Lipinski definition) is 1. The fraction of sp³-hybridized carbons (Fsp3) is 0.417. The predicted octanol–water partition coefficient (Wildman–Crippen LogP) is 0.529. The van der Waals surface area contributed by atoms with Gasteiger partial charge >= 0.3 is 0 Å². The van der Waals surface area contributed by atoms with Gasteiger partial charge in [0.05, 0.1) is 18.8 Å². The number of nitrogens with two attached hydrogens (primary N) is 1. The van der Waals surface area contributed by atoms with E-state index in [4.69, 9.17) is 22.7 Å². The maximum Gasteiger partial charge on any atom is 0.154 e. The molecular formula is C12H15N5OS. The zero-order chi connectivity index (χ0) is 13.4. The number of fused-ring (bicyclic) bond motifs is 1. The molecule has 0 amide bonds. The number of anilines is 1. The van der Waals surface area contributed by atoms with E-state index < -0.39 is 0 Å². The summed E-state index contributed by atoms with van der Waals surface area (Å²) in [5.41, 5.74) is 7.62. The number of rotatable bonds is 2. The molecule has 2 aromatic heterocycles. The average molecular weight is 277 g/mol. The molecule has 0 aromatic carbocycles. The van der Waals surface area contributed by atoms with Crippen molar-refractivity contribution in [3.05, 3.63) is 24.2 Å². The molecule has 1 aliphatic rings. The van der Waals surface area contributed by atoms with Gasteiger partial charge in [-0.1, -0.05) is 12.2 Å². The maximum atomic E-state index is 5.67. The highest BCUT2D eigenvalue weighted by molar-refractivity contribution is 7.80. The van der Waals surface area contributed by atoms with Gasteiger partial charge < -0.3 is 15.4 Å². The molecule has 19 heavy (non-hydrogen) atoms. The van der Waals surface area contributed by atoms with Crippen LogP contribution in [0.2, 0.25) is 0 Å². The molecule has 3 heterocycles. The lowest BCUT2D eigenvalue weighted by Crippen LogP contribution is -2.48. The van der Waals surface area contributed by atoms with Gasteiger partial charge in [0.1, 0.15) is 16.6 Å². The van der Waals surface area contributed by atoms with Gasteiger partial charge in [0.25, 0.3) is 0 Å². The number of aromatic nitrogens is 3. The van der Waals surface area contributed by atoms with Crippen LogP contribution in [0.4, 0.5) is 5.82 Å². The molecule has 0 spiro atoms. The smallest absolute Gasteiger partial charge is 0.154 e.